The second-order valence-corrected chi connectivity index (χ2v) is 5.74. The Kier molecular flexibility index (Phi) is 2.90. The molecule has 0 aromatic carbocycles. The average Bonchev–Trinajstić information content (AvgIpc) is 2.37. The molecule has 0 aliphatic heterocycles. The third-order valence-electron chi connectivity index (χ3n) is 1.06. The van der Waals surface area contributed by atoms with Crippen molar-refractivity contribution in [1.82, 2.24) is 0 Å². The second-order valence-electron chi connectivity index (χ2n) is 2.04. The molecule has 7 N–H and O–H groups in total. The minimum Gasteiger partial charge on any atom is -0.368 e. The molecule has 0 aliphatic rings. The molecule has 86 valence electrons. The molecule has 0 aliphatic carbocycles. The first kappa shape index (κ1) is 6.97. The fraction of sp³-hybridized carbons (Fsp3) is 1.00. The van der Waals surface area contributed by atoms with E-state index in [9.17, 15) is 18.9 Å². The zero-order valence-corrected chi connectivity index (χ0v) is 11.2. The molecule has 0 saturated heterocycles. The first-order valence-corrected chi connectivity index (χ1v) is 5.98. The van der Waals surface area contributed by atoms with Gasteiger partial charge in [-0.25, -0.2) is 0 Å². The summed E-state index contributed by atoms with van der Waals surface area (Å²) < 4.78 is 87.3. The second kappa shape index (κ2) is 6.23. The minimum atomic E-state index is -6.18. The number of nitrogens with two attached hydrogens (primary N) is 1. The number of hydrogen-bond donors (Lipinski definition) is 6. The van der Waals surface area contributed by atoms with Crippen molar-refractivity contribution in [1.29, 1.82) is 4.29 Å². The molecule has 0 bridgehead atoms. The Labute approximate surface area is 121 Å². The molecular formula is C4H13NNaO7P2+. The zero-order valence-electron chi connectivity index (χ0n) is 16.4. The van der Waals surface area contributed by atoms with Gasteiger partial charge in [0.25, 0.3) is 5.08 Å². The van der Waals surface area contributed by atoms with Gasteiger partial charge in [0, 0.05) is 14.6 Å². The summed E-state index contributed by atoms with van der Waals surface area (Å²) in [5.41, 5.74) is 4.80. The maximum atomic E-state index is 11.9. The Balaban J connectivity index is 0. The first-order chi connectivity index (χ1) is 9.93. The van der Waals surface area contributed by atoms with E-state index in [0.717, 1.165) is 0 Å². The third-order valence-corrected chi connectivity index (χ3v) is 4.34. The smallest absolute Gasteiger partial charge is 0.368 e. The summed E-state index contributed by atoms with van der Waals surface area (Å²) in [6, 6.07) is 0. The van der Waals surface area contributed by atoms with E-state index in [1.54, 1.807) is 0 Å². The Morgan fingerprint density at radius 2 is 1.80 bits per heavy atom. The van der Waals surface area contributed by atoms with Gasteiger partial charge >= 0.3 is 44.7 Å². The van der Waals surface area contributed by atoms with E-state index in [2.05, 4.69) is 14.9 Å². The van der Waals surface area contributed by atoms with Crippen molar-refractivity contribution in [2.24, 2.45) is 5.73 Å². The topological polar surface area (TPSA) is 161 Å². The summed E-state index contributed by atoms with van der Waals surface area (Å²) >= 11 is 0. The van der Waals surface area contributed by atoms with Crippen LogP contribution in [0.25, 0.3) is 0 Å². The SMILES string of the molecule is [2H]OC(C([2H])([2H])C([2H])([2H])C([2H])([2H])N)(P(=O)(O)O[2H])P(=O)(O)O[2H].[Na+]. The van der Waals surface area contributed by atoms with Crippen LogP contribution >= 0.6 is 15.2 Å². The molecule has 2 atom stereocenters. The quantitative estimate of drug-likeness (QED) is 0.192. The molecule has 15 heavy (non-hydrogen) atoms. The number of hydrogen-bond acceptors (Lipinski definition) is 6. The predicted octanol–water partition coefficient (Wildman–Crippen LogP) is -4.27. The standard InChI is InChI=1S/C4H13NO7P2.Na/c5-3-1-2-4(6,13(7,8)9)14(10,11)12;/h6H,1-3,5H2,(H2,7,8,9)(H2,10,11,12);/q;+1/i1D2,2D2,3D2,6D;/hD2. The van der Waals surface area contributed by atoms with Crippen LogP contribution in [0.5, 0.6) is 0 Å². The summed E-state index contributed by atoms with van der Waals surface area (Å²) in [5, 5.41) is -1.03. The van der Waals surface area contributed by atoms with Crippen LogP contribution in [0, 0.1) is 0 Å². The van der Waals surface area contributed by atoms with Crippen LogP contribution in [-0.2, 0) is 9.13 Å². The summed E-state index contributed by atoms with van der Waals surface area (Å²) in [4.78, 5) is 25.5. The van der Waals surface area contributed by atoms with Crippen molar-refractivity contribution in [3.05, 3.63) is 0 Å². The van der Waals surface area contributed by atoms with Gasteiger partial charge in [0.15, 0.2) is 0 Å². The van der Waals surface area contributed by atoms with Crippen LogP contribution in [0.1, 0.15) is 21.0 Å². The number of rotatable bonds is 8. The maximum absolute atomic E-state index is 11.9. The molecule has 0 amide bonds. The molecule has 8 nitrogen and oxygen atoms in total. The summed E-state index contributed by atoms with van der Waals surface area (Å²) in [7, 11) is -12.4. The van der Waals surface area contributed by atoms with Crippen molar-refractivity contribution in [3.63, 3.8) is 0 Å². The Bertz CT molecular complexity index is 518. The molecule has 0 heterocycles. The van der Waals surface area contributed by atoms with Crippen LogP contribution in [0.2, 0.25) is 0 Å². The Morgan fingerprint density at radius 3 is 2.07 bits per heavy atom. The Hall–Kier alpha value is 1.22. The Morgan fingerprint density at radius 1 is 1.33 bits per heavy atom. The van der Waals surface area contributed by atoms with Gasteiger partial charge in [0.05, 0.1) is 0 Å². The minimum absolute atomic E-state index is 0. The summed E-state index contributed by atoms with van der Waals surface area (Å²) in [6.07, 6.45) is -8.44. The van der Waals surface area contributed by atoms with Gasteiger partial charge < -0.3 is 30.4 Å². The van der Waals surface area contributed by atoms with E-state index in [4.69, 9.17) is 18.3 Å². The van der Waals surface area contributed by atoms with Gasteiger partial charge in [-0.2, -0.15) is 0 Å². The van der Waals surface area contributed by atoms with Crippen molar-refractivity contribution in [3.8, 4) is 0 Å². The van der Waals surface area contributed by atoms with E-state index >= 15 is 0 Å². The summed E-state index contributed by atoms with van der Waals surface area (Å²) in [5.74, 6) is 0. The normalized spacial score (nSPS) is 34.5. The molecule has 0 aromatic rings. The molecule has 0 spiro atoms. The van der Waals surface area contributed by atoms with Crippen LogP contribution in [-0.4, -0.2) is 40.6 Å². The van der Waals surface area contributed by atoms with Crippen molar-refractivity contribution < 1.29 is 71.6 Å². The van der Waals surface area contributed by atoms with Crippen LogP contribution < -0.4 is 35.3 Å². The van der Waals surface area contributed by atoms with E-state index in [-0.39, 0.29) is 29.6 Å². The van der Waals surface area contributed by atoms with E-state index < -0.39 is 39.5 Å². The van der Waals surface area contributed by atoms with Crippen molar-refractivity contribution >= 4 is 15.2 Å². The van der Waals surface area contributed by atoms with Crippen molar-refractivity contribution in [2.75, 3.05) is 6.50 Å². The first-order valence-electron chi connectivity index (χ1n) is 7.05. The van der Waals surface area contributed by atoms with Crippen LogP contribution in [0.3, 0.4) is 0 Å². The predicted molar refractivity (Wildman–Crippen MR) is 47.3 cm³/mol. The van der Waals surface area contributed by atoms with Crippen LogP contribution in [0.4, 0.5) is 0 Å². The molecule has 2 unspecified atom stereocenters. The molecule has 0 saturated carbocycles. The molecule has 11 heteroatoms. The van der Waals surface area contributed by atoms with Crippen LogP contribution in [0.15, 0.2) is 0 Å². The third kappa shape index (κ3) is 4.53. The van der Waals surface area contributed by atoms with Crippen molar-refractivity contribution in [2.45, 2.75) is 17.8 Å². The average molecular weight is 281 g/mol. The monoisotopic (exact) mass is 281 g/mol. The van der Waals surface area contributed by atoms with E-state index in [1.807, 2.05) is 0 Å². The van der Waals surface area contributed by atoms with Gasteiger partial charge in [-0.15, -0.1) is 0 Å². The van der Waals surface area contributed by atoms with E-state index in [0.29, 0.717) is 0 Å². The molecule has 0 radical (unpaired) electrons. The van der Waals surface area contributed by atoms with Gasteiger partial charge in [0.2, 0.25) is 4.29 Å². The molecule has 0 aromatic heterocycles. The van der Waals surface area contributed by atoms with Gasteiger partial charge in [0.1, 0.15) is 0 Å². The molecule has 0 rings (SSSR count). The molecule has 0 fully saturated rings. The van der Waals surface area contributed by atoms with Gasteiger partial charge in [-0.05, 0) is 12.9 Å². The summed E-state index contributed by atoms with van der Waals surface area (Å²) in [6.45, 7) is -3.63. The van der Waals surface area contributed by atoms with E-state index in [1.165, 1.54) is 0 Å². The fourth-order valence-electron chi connectivity index (χ4n) is 0.418. The maximum Gasteiger partial charge on any atom is 1.00 e. The largest absolute Gasteiger partial charge is 1.00 e. The molecular weight excluding hydrogens is 259 g/mol. The fourth-order valence-corrected chi connectivity index (χ4v) is 2.09. The van der Waals surface area contributed by atoms with Gasteiger partial charge in [-0.1, -0.05) is 0 Å². The van der Waals surface area contributed by atoms with Gasteiger partial charge in [-0.3, -0.25) is 9.13 Å². The zero-order chi connectivity index (χ0) is 19.1. The number of aliphatic hydroxyl groups is 1.